The van der Waals surface area contributed by atoms with Gasteiger partial charge in [-0.05, 0) is 18.1 Å². The highest BCUT2D eigenvalue weighted by atomic mass is 16.5. The number of carbonyl (C=O) groups excluding carboxylic acids is 1. The maximum absolute atomic E-state index is 13.0. The zero-order valence-electron chi connectivity index (χ0n) is 15.8. The molecule has 0 unspecified atom stereocenters. The summed E-state index contributed by atoms with van der Waals surface area (Å²) in [5.74, 6) is 1.87. The third kappa shape index (κ3) is 2.85. The summed E-state index contributed by atoms with van der Waals surface area (Å²) in [6, 6.07) is 7.97. The number of amides is 1. The summed E-state index contributed by atoms with van der Waals surface area (Å²) in [7, 11) is 1.88. The molecule has 5 rings (SSSR count). The summed E-state index contributed by atoms with van der Waals surface area (Å²) in [6.45, 7) is 3.32. The first-order valence-electron chi connectivity index (χ1n) is 9.58. The largest absolute Gasteiger partial charge is 0.492 e. The predicted molar refractivity (Wildman–Crippen MR) is 104 cm³/mol. The van der Waals surface area contributed by atoms with Crippen LogP contribution in [0.1, 0.15) is 5.56 Å². The fourth-order valence-electron chi connectivity index (χ4n) is 4.09. The number of hydrogen-bond acceptors (Lipinski definition) is 6. The molecule has 0 spiro atoms. The molecule has 1 saturated heterocycles. The summed E-state index contributed by atoms with van der Waals surface area (Å²) in [5.41, 5.74) is 1.94. The van der Waals surface area contributed by atoms with Crippen LogP contribution in [0.5, 0.6) is 5.75 Å². The van der Waals surface area contributed by atoms with Crippen LogP contribution >= 0.6 is 0 Å². The molecule has 1 aromatic carbocycles. The molecule has 1 fully saturated rings. The monoisotopic (exact) mass is 378 g/mol. The Balaban J connectivity index is 1.26. The van der Waals surface area contributed by atoms with Gasteiger partial charge in [-0.25, -0.2) is 9.97 Å². The van der Waals surface area contributed by atoms with Crippen molar-refractivity contribution < 1.29 is 9.53 Å². The lowest BCUT2D eigenvalue weighted by atomic mass is 9.95. The van der Waals surface area contributed by atoms with Crippen molar-refractivity contribution in [3.63, 3.8) is 0 Å². The van der Waals surface area contributed by atoms with Crippen LogP contribution in [0.3, 0.4) is 0 Å². The predicted octanol–water partition coefficient (Wildman–Crippen LogP) is 1.26. The lowest BCUT2D eigenvalue weighted by molar-refractivity contribution is -0.137. The second kappa shape index (κ2) is 6.78. The van der Waals surface area contributed by atoms with E-state index in [0.717, 1.165) is 47.7 Å². The number of anilines is 1. The van der Waals surface area contributed by atoms with Crippen LogP contribution < -0.4 is 9.64 Å². The van der Waals surface area contributed by atoms with Crippen molar-refractivity contribution in [2.24, 2.45) is 13.0 Å². The van der Waals surface area contributed by atoms with E-state index in [0.29, 0.717) is 19.7 Å². The lowest BCUT2D eigenvalue weighted by Crippen LogP contribution is -2.52. The van der Waals surface area contributed by atoms with Crippen LogP contribution in [0.15, 0.2) is 36.8 Å². The highest BCUT2D eigenvalue weighted by Crippen LogP contribution is 2.28. The van der Waals surface area contributed by atoms with Gasteiger partial charge in [-0.15, -0.1) is 0 Å². The molecular formula is C20H22N6O2. The number of benzene rings is 1. The maximum Gasteiger partial charge on any atom is 0.229 e. The second-order valence-corrected chi connectivity index (χ2v) is 7.33. The van der Waals surface area contributed by atoms with E-state index in [4.69, 9.17) is 4.74 Å². The average molecular weight is 378 g/mol. The summed E-state index contributed by atoms with van der Waals surface area (Å²) < 4.78 is 7.56. The number of piperazine rings is 1. The molecule has 0 radical (unpaired) electrons. The molecule has 1 atom stereocenters. The van der Waals surface area contributed by atoms with Crippen LogP contribution in [-0.4, -0.2) is 63.3 Å². The molecule has 1 amide bonds. The molecule has 4 heterocycles. The molecule has 144 valence electrons. The quantitative estimate of drug-likeness (QED) is 0.668. The molecule has 2 aliphatic rings. The van der Waals surface area contributed by atoms with E-state index >= 15 is 0 Å². The zero-order valence-corrected chi connectivity index (χ0v) is 15.8. The van der Waals surface area contributed by atoms with Gasteiger partial charge in [0, 0.05) is 33.2 Å². The first kappa shape index (κ1) is 17.0. The van der Waals surface area contributed by atoms with Crippen LogP contribution in [0.2, 0.25) is 0 Å². The van der Waals surface area contributed by atoms with Gasteiger partial charge in [0.2, 0.25) is 5.91 Å². The van der Waals surface area contributed by atoms with Gasteiger partial charge in [-0.3, -0.25) is 9.48 Å². The van der Waals surface area contributed by atoms with E-state index in [9.17, 15) is 4.79 Å². The highest BCUT2D eigenvalue weighted by molar-refractivity contribution is 5.87. The van der Waals surface area contributed by atoms with Gasteiger partial charge in [0.05, 0.1) is 17.5 Å². The van der Waals surface area contributed by atoms with Gasteiger partial charge in [-0.2, -0.15) is 5.10 Å². The number of nitrogens with zero attached hydrogens (tertiary/aromatic N) is 6. The number of aryl methyl sites for hydroxylation is 1. The van der Waals surface area contributed by atoms with Crippen molar-refractivity contribution in [2.75, 3.05) is 37.7 Å². The second-order valence-electron chi connectivity index (χ2n) is 7.33. The summed E-state index contributed by atoms with van der Waals surface area (Å²) in [5, 5.41) is 5.23. The Morgan fingerprint density at radius 2 is 1.96 bits per heavy atom. The number of carbonyl (C=O) groups is 1. The molecule has 0 bridgehead atoms. The Hall–Kier alpha value is -3.16. The summed E-state index contributed by atoms with van der Waals surface area (Å²) in [4.78, 5) is 25.9. The Bertz CT molecular complexity index is 1020. The van der Waals surface area contributed by atoms with Crippen molar-refractivity contribution in [2.45, 2.75) is 6.42 Å². The number of fused-ring (bicyclic) bond motifs is 2. The molecule has 8 nitrogen and oxygen atoms in total. The minimum absolute atomic E-state index is 0.106. The standard InChI is InChI=1S/C20H22N6O2/c1-24-18-16(11-23-24)19(22-13-21-18)25-6-8-26(9-7-25)20(27)15-10-14-4-2-3-5-17(14)28-12-15/h2-5,11,13,15H,6-10,12H2,1H3/t15-/m1/s1. The number of ether oxygens (including phenoxy) is 1. The van der Waals surface area contributed by atoms with E-state index in [1.54, 1.807) is 17.2 Å². The van der Waals surface area contributed by atoms with E-state index in [1.165, 1.54) is 0 Å². The fourth-order valence-corrected chi connectivity index (χ4v) is 4.09. The maximum atomic E-state index is 13.0. The third-order valence-corrected chi connectivity index (χ3v) is 5.63. The van der Waals surface area contributed by atoms with Crippen molar-refractivity contribution in [3.05, 3.63) is 42.4 Å². The van der Waals surface area contributed by atoms with Crippen LogP contribution in [-0.2, 0) is 18.3 Å². The van der Waals surface area contributed by atoms with Crippen molar-refractivity contribution in [1.82, 2.24) is 24.6 Å². The minimum atomic E-state index is -0.106. The van der Waals surface area contributed by atoms with E-state index in [2.05, 4.69) is 20.0 Å². The molecule has 0 aliphatic carbocycles. The smallest absolute Gasteiger partial charge is 0.229 e. The molecule has 2 aromatic heterocycles. The number of hydrogen-bond donors (Lipinski definition) is 0. The van der Waals surface area contributed by atoms with Gasteiger partial charge >= 0.3 is 0 Å². The van der Waals surface area contributed by atoms with E-state index < -0.39 is 0 Å². The lowest BCUT2D eigenvalue weighted by Gasteiger charge is -2.37. The molecular weight excluding hydrogens is 356 g/mol. The number of para-hydroxylation sites is 1. The van der Waals surface area contributed by atoms with Gasteiger partial charge in [-0.1, -0.05) is 18.2 Å². The Labute approximate surface area is 162 Å². The molecule has 0 N–H and O–H groups in total. The normalized spacial score (nSPS) is 19.4. The summed E-state index contributed by atoms with van der Waals surface area (Å²) >= 11 is 0. The van der Waals surface area contributed by atoms with Gasteiger partial charge in [0.15, 0.2) is 5.65 Å². The average Bonchev–Trinajstić information content (AvgIpc) is 3.14. The van der Waals surface area contributed by atoms with E-state index in [-0.39, 0.29) is 11.8 Å². The molecule has 3 aromatic rings. The van der Waals surface area contributed by atoms with Crippen LogP contribution in [0.4, 0.5) is 5.82 Å². The first-order chi connectivity index (χ1) is 13.7. The third-order valence-electron chi connectivity index (χ3n) is 5.63. The Kier molecular flexibility index (Phi) is 4.11. The van der Waals surface area contributed by atoms with Crippen molar-refractivity contribution in [3.8, 4) is 5.75 Å². The topological polar surface area (TPSA) is 76.4 Å². The Morgan fingerprint density at radius 1 is 1.14 bits per heavy atom. The van der Waals surface area contributed by atoms with Gasteiger partial charge < -0.3 is 14.5 Å². The van der Waals surface area contributed by atoms with Crippen molar-refractivity contribution >= 4 is 22.8 Å². The van der Waals surface area contributed by atoms with Crippen LogP contribution in [0, 0.1) is 5.92 Å². The SMILES string of the molecule is Cn1ncc2c(N3CCN(C(=O)[C@H]4COc5ccccc5C4)CC3)ncnc21. The fraction of sp³-hybridized carbons (Fsp3) is 0.400. The molecule has 0 saturated carbocycles. The zero-order chi connectivity index (χ0) is 19.1. The van der Waals surface area contributed by atoms with Crippen LogP contribution in [0.25, 0.3) is 11.0 Å². The number of rotatable bonds is 2. The number of aromatic nitrogens is 4. The van der Waals surface area contributed by atoms with Crippen molar-refractivity contribution in [1.29, 1.82) is 0 Å². The summed E-state index contributed by atoms with van der Waals surface area (Å²) in [6.07, 6.45) is 4.13. The Morgan fingerprint density at radius 3 is 2.82 bits per heavy atom. The molecule has 28 heavy (non-hydrogen) atoms. The first-order valence-corrected chi connectivity index (χ1v) is 9.58. The highest BCUT2D eigenvalue weighted by Gasteiger charge is 2.31. The minimum Gasteiger partial charge on any atom is -0.492 e. The van der Waals surface area contributed by atoms with Gasteiger partial charge in [0.1, 0.15) is 24.5 Å². The van der Waals surface area contributed by atoms with E-state index in [1.807, 2.05) is 36.2 Å². The van der Waals surface area contributed by atoms with Gasteiger partial charge in [0.25, 0.3) is 0 Å². The molecule has 8 heteroatoms. The molecule has 2 aliphatic heterocycles.